The lowest BCUT2D eigenvalue weighted by atomic mass is 9.99. The zero-order valence-electron chi connectivity index (χ0n) is 19.8. The molecular formula is C29H36O4. The fourth-order valence-electron chi connectivity index (χ4n) is 4.18. The lowest BCUT2D eigenvalue weighted by Gasteiger charge is -2.12. The summed E-state index contributed by atoms with van der Waals surface area (Å²) in [5, 5.41) is 28.9. The lowest BCUT2D eigenvalue weighted by molar-refractivity contribution is 0.260. The van der Waals surface area contributed by atoms with Crippen LogP contribution in [0.25, 0.3) is 0 Å². The van der Waals surface area contributed by atoms with Crippen LogP contribution >= 0.6 is 0 Å². The molecule has 0 saturated carbocycles. The van der Waals surface area contributed by atoms with Crippen molar-refractivity contribution in [2.75, 3.05) is 6.61 Å². The SMILES string of the molecule is Cc1cc(CCCc2ccc(CO)c(CO)c2)ccc1OCCCCc1cccc(C)c1O. The van der Waals surface area contributed by atoms with E-state index in [1.165, 1.54) is 11.1 Å². The number of para-hydroxylation sites is 1. The molecule has 176 valence electrons. The van der Waals surface area contributed by atoms with Gasteiger partial charge in [0.2, 0.25) is 0 Å². The van der Waals surface area contributed by atoms with E-state index in [0.29, 0.717) is 12.4 Å². The van der Waals surface area contributed by atoms with Crippen LogP contribution in [-0.2, 0) is 32.5 Å². The van der Waals surface area contributed by atoms with Gasteiger partial charge in [-0.15, -0.1) is 0 Å². The number of aliphatic hydroxyl groups is 2. The summed E-state index contributed by atoms with van der Waals surface area (Å²) in [6, 6.07) is 18.2. The molecule has 3 aromatic rings. The van der Waals surface area contributed by atoms with Gasteiger partial charge in [0.25, 0.3) is 0 Å². The van der Waals surface area contributed by atoms with Crippen molar-refractivity contribution in [3.8, 4) is 11.5 Å². The van der Waals surface area contributed by atoms with Crippen molar-refractivity contribution < 1.29 is 20.1 Å². The number of unbranched alkanes of at least 4 members (excludes halogenated alkanes) is 1. The predicted molar refractivity (Wildman–Crippen MR) is 133 cm³/mol. The number of ether oxygens (including phenoxy) is 1. The van der Waals surface area contributed by atoms with Crippen molar-refractivity contribution in [3.63, 3.8) is 0 Å². The molecule has 0 spiro atoms. The maximum Gasteiger partial charge on any atom is 0.122 e. The third-order valence-electron chi connectivity index (χ3n) is 6.20. The molecule has 4 nitrogen and oxygen atoms in total. The first kappa shape index (κ1) is 24.8. The van der Waals surface area contributed by atoms with Gasteiger partial charge >= 0.3 is 0 Å². The standard InChI is InChI=1S/C29H36O4/c1-21-7-5-11-25(29(21)32)10-3-4-16-33-28-15-13-23(17-22(28)2)8-6-9-24-12-14-26(19-30)27(18-24)20-31/h5,7,11-15,17-18,30-32H,3-4,6,8-10,16,19-20H2,1-2H3. The molecular weight excluding hydrogens is 412 g/mol. The second-order valence-corrected chi connectivity index (χ2v) is 8.76. The molecule has 0 atom stereocenters. The van der Waals surface area contributed by atoms with Gasteiger partial charge in [0.05, 0.1) is 19.8 Å². The third kappa shape index (κ3) is 7.08. The lowest BCUT2D eigenvalue weighted by Crippen LogP contribution is -2.01. The van der Waals surface area contributed by atoms with Gasteiger partial charge in [0.1, 0.15) is 11.5 Å². The molecule has 0 aromatic heterocycles. The Morgan fingerprint density at radius 1 is 0.667 bits per heavy atom. The highest BCUT2D eigenvalue weighted by Gasteiger charge is 2.06. The van der Waals surface area contributed by atoms with Crippen molar-refractivity contribution in [1.82, 2.24) is 0 Å². The summed E-state index contributed by atoms with van der Waals surface area (Å²) in [5.41, 5.74) is 7.17. The molecule has 4 heteroatoms. The molecule has 3 N–H and O–H groups in total. The van der Waals surface area contributed by atoms with Gasteiger partial charge in [-0.3, -0.25) is 0 Å². The van der Waals surface area contributed by atoms with Gasteiger partial charge < -0.3 is 20.1 Å². The van der Waals surface area contributed by atoms with E-state index >= 15 is 0 Å². The van der Waals surface area contributed by atoms with E-state index in [0.717, 1.165) is 72.1 Å². The zero-order valence-corrected chi connectivity index (χ0v) is 19.8. The van der Waals surface area contributed by atoms with Crippen LogP contribution in [0.4, 0.5) is 0 Å². The minimum absolute atomic E-state index is 0.0415. The summed E-state index contributed by atoms with van der Waals surface area (Å²) in [6.07, 6.45) is 5.72. The summed E-state index contributed by atoms with van der Waals surface area (Å²) in [7, 11) is 0. The van der Waals surface area contributed by atoms with E-state index in [1.54, 1.807) is 0 Å². The summed E-state index contributed by atoms with van der Waals surface area (Å²) < 4.78 is 6.00. The quantitative estimate of drug-likeness (QED) is 0.317. The Morgan fingerprint density at radius 3 is 2.12 bits per heavy atom. The smallest absolute Gasteiger partial charge is 0.122 e. The van der Waals surface area contributed by atoms with E-state index in [-0.39, 0.29) is 13.2 Å². The van der Waals surface area contributed by atoms with Gasteiger partial charge in [0.15, 0.2) is 0 Å². The van der Waals surface area contributed by atoms with E-state index < -0.39 is 0 Å². The molecule has 0 radical (unpaired) electrons. The summed E-state index contributed by atoms with van der Waals surface area (Å²) in [4.78, 5) is 0. The number of phenolic OH excluding ortho intramolecular Hbond substituents is 1. The van der Waals surface area contributed by atoms with Crippen LogP contribution in [0, 0.1) is 13.8 Å². The van der Waals surface area contributed by atoms with Gasteiger partial charge in [-0.1, -0.05) is 48.5 Å². The topological polar surface area (TPSA) is 69.9 Å². The molecule has 0 aliphatic rings. The number of benzene rings is 3. The maximum atomic E-state index is 10.1. The Hall–Kier alpha value is -2.82. The predicted octanol–water partition coefficient (Wildman–Crippen LogP) is 5.57. The van der Waals surface area contributed by atoms with Gasteiger partial charge in [-0.2, -0.15) is 0 Å². The Morgan fingerprint density at radius 2 is 1.39 bits per heavy atom. The number of aromatic hydroxyl groups is 1. The molecule has 0 bridgehead atoms. The van der Waals surface area contributed by atoms with Crippen LogP contribution in [0.2, 0.25) is 0 Å². The largest absolute Gasteiger partial charge is 0.507 e. The fraction of sp³-hybridized carbons (Fsp3) is 0.379. The van der Waals surface area contributed by atoms with Crippen molar-refractivity contribution in [1.29, 1.82) is 0 Å². The summed E-state index contributed by atoms with van der Waals surface area (Å²) in [6.45, 7) is 4.60. The zero-order chi connectivity index (χ0) is 23.6. The number of hydrogen-bond donors (Lipinski definition) is 3. The van der Waals surface area contributed by atoms with E-state index in [4.69, 9.17) is 4.74 Å². The Labute approximate surface area is 197 Å². The molecule has 0 amide bonds. The van der Waals surface area contributed by atoms with E-state index in [9.17, 15) is 15.3 Å². The molecule has 0 unspecified atom stereocenters. The second-order valence-electron chi connectivity index (χ2n) is 8.76. The van der Waals surface area contributed by atoms with Crippen molar-refractivity contribution in [3.05, 3.63) is 93.5 Å². The van der Waals surface area contributed by atoms with E-state index in [1.807, 2.05) is 43.3 Å². The van der Waals surface area contributed by atoms with Crippen LogP contribution < -0.4 is 4.74 Å². The number of hydrogen-bond acceptors (Lipinski definition) is 4. The van der Waals surface area contributed by atoms with E-state index in [2.05, 4.69) is 25.1 Å². The first-order chi connectivity index (χ1) is 16.0. The first-order valence-corrected chi connectivity index (χ1v) is 11.8. The van der Waals surface area contributed by atoms with Crippen LogP contribution in [0.5, 0.6) is 11.5 Å². The Balaban J connectivity index is 1.41. The number of aryl methyl sites for hydroxylation is 5. The van der Waals surface area contributed by atoms with Gasteiger partial charge in [-0.05, 0) is 97.4 Å². The molecule has 0 aliphatic carbocycles. The third-order valence-corrected chi connectivity index (χ3v) is 6.20. The summed E-state index contributed by atoms with van der Waals surface area (Å²) >= 11 is 0. The second kappa shape index (κ2) is 12.4. The molecule has 0 fully saturated rings. The van der Waals surface area contributed by atoms with Crippen LogP contribution in [0.15, 0.2) is 54.6 Å². The number of phenols is 1. The number of rotatable bonds is 12. The highest BCUT2D eigenvalue weighted by molar-refractivity contribution is 5.39. The molecule has 3 aromatic carbocycles. The minimum Gasteiger partial charge on any atom is -0.507 e. The average molecular weight is 449 g/mol. The highest BCUT2D eigenvalue weighted by Crippen LogP contribution is 2.24. The monoisotopic (exact) mass is 448 g/mol. The molecule has 33 heavy (non-hydrogen) atoms. The molecule has 0 aliphatic heterocycles. The van der Waals surface area contributed by atoms with Crippen LogP contribution in [0.3, 0.4) is 0 Å². The minimum atomic E-state index is -0.0429. The first-order valence-electron chi connectivity index (χ1n) is 11.8. The Kier molecular flexibility index (Phi) is 9.35. The maximum absolute atomic E-state index is 10.1. The fourth-order valence-corrected chi connectivity index (χ4v) is 4.18. The Bertz CT molecular complexity index is 1040. The van der Waals surface area contributed by atoms with Gasteiger partial charge in [-0.25, -0.2) is 0 Å². The van der Waals surface area contributed by atoms with Crippen LogP contribution in [-0.4, -0.2) is 21.9 Å². The molecule has 3 rings (SSSR count). The average Bonchev–Trinajstić information content (AvgIpc) is 2.82. The highest BCUT2D eigenvalue weighted by atomic mass is 16.5. The molecule has 0 heterocycles. The van der Waals surface area contributed by atoms with Crippen molar-refractivity contribution >= 4 is 0 Å². The normalized spacial score (nSPS) is 11.0. The number of aliphatic hydroxyl groups excluding tert-OH is 2. The van der Waals surface area contributed by atoms with Crippen molar-refractivity contribution in [2.24, 2.45) is 0 Å². The van der Waals surface area contributed by atoms with Crippen molar-refractivity contribution in [2.45, 2.75) is 65.6 Å². The van der Waals surface area contributed by atoms with Crippen LogP contribution in [0.1, 0.15) is 58.2 Å². The summed E-state index contributed by atoms with van der Waals surface area (Å²) in [5.74, 6) is 1.35. The van der Waals surface area contributed by atoms with Gasteiger partial charge in [0, 0.05) is 0 Å². The molecule has 0 saturated heterocycles.